The first kappa shape index (κ1) is 49.6. The molecule has 0 saturated carbocycles. The van der Waals surface area contributed by atoms with E-state index in [-0.39, 0.29) is 31.6 Å². The van der Waals surface area contributed by atoms with Crippen LogP contribution in [0, 0.1) is 17.8 Å². The molecule has 0 aromatic heterocycles. The number of allylic oxidation sites excluding steroid dienone is 2. The smallest absolute Gasteiger partial charge is 0.309 e. The van der Waals surface area contributed by atoms with Gasteiger partial charge in [-0.05, 0) is 66.0 Å². The molecule has 58 heavy (non-hydrogen) atoms. The highest BCUT2D eigenvalue weighted by molar-refractivity contribution is 5.72. The molecule has 0 spiro atoms. The van der Waals surface area contributed by atoms with Gasteiger partial charge in [-0.1, -0.05) is 45.1 Å². The van der Waals surface area contributed by atoms with Crippen LogP contribution in [0.5, 0.6) is 0 Å². The van der Waals surface area contributed by atoms with Crippen LogP contribution in [0.15, 0.2) is 24.3 Å². The summed E-state index contributed by atoms with van der Waals surface area (Å²) in [6, 6.07) is -0.782. The first-order valence-corrected chi connectivity index (χ1v) is 20.4. The molecule has 16 nitrogen and oxygen atoms in total. The van der Waals surface area contributed by atoms with Gasteiger partial charge in [0.25, 0.3) is 0 Å². The van der Waals surface area contributed by atoms with Crippen molar-refractivity contribution in [2.75, 3.05) is 21.2 Å². The number of likely N-dealkylation sites (N-methyl/N-ethyl adjacent to an activating group) is 1. The predicted octanol–water partition coefficient (Wildman–Crippen LogP) is 3.01. The van der Waals surface area contributed by atoms with E-state index in [1.54, 1.807) is 71.0 Å². The SMILES string of the molecule is COC1[C@@H](O[C@@H]2OC(C)[C@@H](O[C@H]3C[C@@](C)(O)[C@@H](OC(=O)CC(C)C)[C@H](C)O3)[C@H](N(C)C)C2O)C(CC=O)CC(C)C(O)/C=C/C=C/C[C@@H](C)OC(=O)C[C@H]1OC(C)=O. The predicted molar refractivity (Wildman–Crippen MR) is 210 cm³/mol. The number of aldehydes is 1. The molecular weight excluding hydrogens is 758 g/mol. The fourth-order valence-corrected chi connectivity index (χ4v) is 8.08. The number of aliphatic hydroxyl groups excluding tert-OH is 2. The quantitative estimate of drug-likeness (QED) is 0.147. The lowest BCUT2D eigenvalue weighted by molar-refractivity contribution is -0.344. The Morgan fingerprint density at radius 2 is 1.71 bits per heavy atom. The van der Waals surface area contributed by atoms with Gasteiger partial charge in [0, 0.05) is 39.7 Å². The lowest BCUT2D eigenvalue weighted by atomic mass is 9.82. The second-order valence-electron chi connectivity index (χ2n) is 17.0. The van der Waals surface area contributed by atoms with Gasteiger partial charge in [0.15, 0.2) is 18.7 Å². The van der Waals surface area contributed by atoms with Crippen molar-refractivity contribution < 1.29 is 72.4 Å². The van der Waals surface area contributed by atoms with Crippen LogP contribution in [0.2, 0.25) is 0 Å². The summed E-state index contributed by atoms with van der Waals surface area (Å²) in [6.07, 6.45) is -4.11. The number of esters is 3. The summed E-state index contributed by atoms with van der Waals surface area (Å²) in [5.41, 5.74) is -1.50. The van der Waals surface area contributed by atoms with Crippen LogP contribution < -0.4 is 0 Å². The fraction of sp³-hybridized carbons (Fsp3) is 0.810. The molecule has 0 radical (unpaired) electrons. The average molecular weight is 828 g/mol. The Morgan fingerprint density at radius 3 is 2.29 bits per heavy atom. The minimum absolute atomic E-state index is 0.0460. The largest absolute Gasteiger partial charge is 0.462 e. The molecule has 3 N–H and O–H groups in total. The van der Waals surface area contributed by atoms with Crippen molar-refractivity contribution >= 4 is 24.2 Å². The second kappa shape index (κ2) is 22.7. The fourth-order valence-electron chi connectivity index (χ4n) is 8.08. The van der Waals surface area contributed by atoms with E-state index in [1.165, 1.54) is 14.0 Å². The monoisotopic (exact) mass is 827 g/mol. The maximum absolute atomic E-state index is 13.2. The maximum atomic E-state index is 13.2. The Labute approximate surface area is 343 Å². The molecule has 0 bridgehead atoms. The molecule has 6 unspecified atom stereocenters. The van der Waals surface area contributed by atoms with Crippen LogP contribution in [-0.4, -0.2) is 151 Å². The van der Waals surface area contributed by atoms with Gasteiger partial charge in [0.2, 0.25) is 0 Å². The molecule has 3 heterocycles. The van der Waals surface area contributed by atoms with E-state index in [0.29, 0.717) is 12.7 Å². The Morgan fingerprint density at radius 1 is 1.02 bits per heavy atom. The van der Waals surface area contributed by atoms with Crippen LogP contribution >= 0.6 is 0 Å². The lowest BCUT2D eigenvalue weighted by Gasteiger charge is -2.50. The zero-order valence-corrected chi connectivity index (χ0v) is 36.1. The zero-order chi connectivity index (χ0) is 43.5. The number of ether oxygens (including phenoxy) is 8. The van der Waals surface area contributed by atoms with E-state index in [0.717, 1.165) is 0 Å². The Hall–Kier alpha value is -2.80. The van der Waals surface area contributed by atoms with Crippen molar-refractivity contribution in [1.82, 2.24) is 4.90 Å². The Balaban J connectivity index is 1.98. The highest BCUT2D eigenvalue weighted by atomic mass is 16.7. The first-order chi connectivity index (χ1) is 27.2. The van der Waals surface area contributed by atoms with Crippen LogP contribution in [0.25, 0.3) is 0 Å². The highest BCUT2D eigenvalue weighted by Gasteiger charge is 2.53. The molecule has 3 aliphatic rings. The van der Waals surface area contributed by atoms with Crippen LogP contribution in [0.4, 0.5) is 0 Å². The molecule has 0 aromatic rings. The van der Waals surface area contributed by atoms with E-state index >= 15 is 0 Å². The summed E-state index contributed by atoms with van der Waals surface area (Å²) in [6.45, 7) is 13.5. The van der Waals surface area contributed by atoms with E-state index in [2.05, 4.69) is 0 Å². The molecular formula is C42H69NO15. The third-order valence-corrected chi connectivity index (χ3v) is 10.9. The normalized spacial score (nSPS) is 40.7. The van der Waals surface area contributed by atoms with E-state index in [9.17, 15) is 34.5 Å². The van der Waals surface area contributed by atoms with Crippen molar-refractivity contribution in [2.24, 2.45) is 17.8 Å². The van der Waals surface area contributed by atoms with Crippen molar-refractivity contribution in [1.29, 1.82) is 0 Å². The maximum Gasteiger partial charge on any atom is 0.309 e. The third-order valence-electron chi connectivity index (χ3n) is 10.9. The van der Waals surface area contributed by atoms with Crippen LogP contribution in [0.3, 0.4) is 0 Å². The number of nitrogens with zero attached hydrogens (tertiary/aromatic N) is 1. The number of rotatable bonds is 12. The topological polar surface area (TPSA) is 206 Å². The van der Waals surface area contributed by atoms with Crippen molar-refractivity contribution in [2.45, 2.75) is 179 Å². The standard InChI is InChI=1S/C42H69NO15/c1-23(2)19-32(47)56-40-27(6)53-34(22-42(40,8)50)57-37-26(5)54-41(36(49)35(37)43(9)10)58-38-29(17-18-44)20-24(3)30(46)16-14-12-13-15-25(4)52-33(48)21-31(39(38)51-11)55-28(7)45/h12-14,16,18,23-27,29-31,34-41,46,49-50H,15,17,19-22H2,1-11H3/b13-12+,16-14+/t24?,25-,26?,27+,29?,30?,31-,34+,35-,36?,37-,38+,39?,40+,41+,42-/m1/s1. The number of hydrogen-bond acceptors (Lipinski definition) is 16. The van der Waals surface area contributed by atoms with Crippen molar-refractivity contribution in [3.8, 4) is 0 Å². The number of aliphatic hydroxyl groups is 3. The minimum Gasteiger partial charge on any atom is -0.462 e. The van der Waals surface area contributed by atoms with Crippen molar-refractivity contribution in [3.63, 3.8) is 0 Å². The zero-order valence-electron chi connectivity index (χ0n) is 36.1. The minimum atomic E-state index is -1.50. The van der Waals surface area contributed by atoms with E-state index < -0.39 is 121 Å². The highest BCUT2D eigenvalue weighted by Crippen LogP contribution is 2.38. The van der Waals surface area contributed by atoms with Crippen LogP contribution in [-0.2, 0) is 57.1 Å². The third kappa shape index (κ3) is 14.2. The number of cyclic esters (lactones) is 1. The van der Waals surface area contributed by atoms with Gasteiger partial charge in [0.05, 0.1) is 36.9 Å². The van der Waals surface area contributed by atoms with Gasteiger partial charge in [-0.2, -0.15) is 0 Å². The molecule has 0 aromatic carbocycles. The first-order valence-electron chi connectivity index (χ1n) is 20.4. The second-order valence-corrected chi connectivity index (χ2v) is 17.0. The van der Waals surface area contributed by atoms with Gasteiger partial charge < -0.3 is 62.9 Å². The summed E-state index contributed by atoms with van der Waals surface area (Å²) in [4.78, 5) is 52.3. The van der Waals surface area contributed by atoms with E-state index in [1.807, 2.05) is 20.8 Å². The number of methoxy groups -OCH3 is 1. The molecule has 3 rings (SSSR count). The van der Waals surface area contributed by atoms with E-state index in [4.69, 9.17) is 37.9 Å². The molecule has 2 fully saturated rings. The molecule has 2 saturated heterocycles. The van der Waals surface area contributed by atoms with Gasteiger partial charge in [-0.15, -0.1) is 0 Å². The molecule has 16 atom stereocenters. The molecule has 0 aliphatic carbocycles. The van der Waals surface area contributed by atoms with Gasteiger partial charge in [-0.25, -0.2) is 0 Å². The lowest BCUT2D eigenvalue weighted by Crippen LogP contribution is -2.66. The summed E-state index contributed by atoms with van der Waals surface area (Å²) < 4.78 is 48.6. The van der Waals surface area contributed by atoms with Gasteiger partial charge in [-0.3, -0.25) is 14.4 Å². The molecule has 0 amide bonds. The summed E-state index contributed by atoms with van der Waals surface area (Å²) in [5.74, 6) is -2.82. The average Bonchev–Trinajstić information content (AvgIpc) is 3.09. The van der Waals surface area contributed by atoms with Gasteiger partial charge >= 0.3 is 17.9 Å². The van der Waals surface area contributed by atoms with Crippen molar-refractivity contribution in [3.05, 3.63) is 24.3 Å². The molecule has 16 heteroatoms. The number of hydrogen-bond donors (Lipinski definition) is 3. The summed E-state index contributed by atoms with van der Waals surface area (Å²) in [7, 11) is 4.86. The Bertz CT molecular complexity index is 1390. The van der Waals surface area contributed by atoms with Crippen LogP contribution in [0.1, 0.15) is 93.9 Å². The summed E-state index contributed by atoms with van der Waals surface area (Å²) in [5, 5.41) is 34.6. The molecule has 332 valence electrons. The summed E-state index contributed by atoms with van der Waals surface area (Å²) >= 11 is 0. The number of carbonyl (C=O) groups excluding carboxylic acids is 4. The molecule has 3 aliphatic heterocycles. The van der Waals surface area contributed by atoms with Gasteiger partial charge in [0.1, 0.15) is 42.4 Å². The Kier molecular flexibility index (Phi) is 19.4. The number of carbonyl (C=O) groups is 4.